The monoisotopic (exact) mass is 199 g/mol. The van der Waals surface area contributed by atoms with Crippen LogP contribution < -0.4 is 0 Å². The van der Waals surface area contributed by atoms with Gasteiger partial charge in [0, 0.05) is 10.9 Å². The molecule has 0 aliphatic heterocycles. The largest absolute Gasteiger partial charge is 0.465 e. The van der Waals surface area contributed by atoms with Crippen molar-refractivity contribution < 1.29 is 9.53 Å². The summed E-state index contributed by atoms with van der Waals surface area (Å²) < 4.78 is 4.63. The minimum absolute atomic E-state index is 0.353. The molecule has 0 unspecified atom stereocenters. The van der Waals surface area contributed by atoms with Gasteiger partial charge in [-0.25, -0.2) is 4.79 Å². The van der Waals surface area contributed by atoms with Crippen LogP contribution in [0.1, 0.15) is 16.1 Å². The molecular formula is C12H9NO2. The van der Waals surface area contributed by atoms with Gasteiger partial charge in [-0.1, -0.05) is 12.0 Å². The number of nitrogens with one attached hydrogen (secondary N) is 1. The molecule has 0 saturated heterocycles. The van der Waals surface area contributed by atoms with Gasteiger partial charge >= 0.3 is 5.97 Å². The highest BCUT2D eigenvalue weighted by Gasteiger charge is 2.06. The number of methoxy groups -OCH3 is 1. The molecule has 1 aromatic heterocycles. The van der Waals surface area contributed by atoms with Gasteiger partial charge in [-0.05, 0) is 18.2 Å². The highest BCUT2D eigenvalue weighted by Crippen LogP contribution is 2.17. The summed E-state index contributed by atoms with van der Waals surface area (Å²) in [6, 6.07) is 7.12. The summed E-state index contributed by atoms with van der Waals surface area (Å²) >= 11 is 0. The van der Waals surface area contributed by atoms with Crippen LogP contribution in [0, 0.1) is 12.3 Å². The van der Waals surface area contributed by atoms with E-state index in [1.165, 1.54) is 7.11 Å². The molecule has 0 aliphatic carbocycles. The molecule has 3 nitrogen and oxygen atoms in total. The van der Waals surface area contributed by atoms with E-state index in [1.807, 2.05) is 12.1 Å². The van der Waals surface area contributed by atoms with E-state index >= 15 is 0 Å². The van der Waals surface area contributed by atoms with Crippen LogP contribution in [0.25, 0.3) is 10.9 Å². The molecule has 0 bridgehead atoms. The Labute approximate surface area is 87.1 Å². The van der Waals surface area contributed by atoms with Crippen LogP contribution in [0.5, 0.6) is 0 Å². The van der Waals surface area contributed by atoms with Crippen molar-refractivity contribution in [2.45, 2.75) is 0 Å². The number of aromatic amines is 1. The lowest BCUT2D eigenvalue weighted by Crippen LogP contribution is -2.00. The number of ether oxygens (including phenoxy) is 1. The van der Waals surface area contributed by atoms with E-state index in [1.54, 1.807) is 12.1 Å². The first-order valence-electron chi connectivity index (χ1n) is 4.42. The Morgan fingerprint density at radius 2 is 2.27 bits per heavy atom. The third kappa shape index (κ3) is 1.57. The van der Waals surface area contributed by atoms with Crippen molar-refractivity contribution in [1.29, 1.82) is 0 Å². The molecule has 15 heavy (non-hydrogen) atoms. The number of rotatable bonds is 1. The van der Waals surface area contributed by atoms with Gasteiger partial charge in [0.1, 0.15) is 0 Å². The lowest BCUT2D eigenvalue weighted by Gasteiger charge is -1.98. The van der Waals surface area contributed by atoms with Gasteiger partial charge in [-0.3, -0.25) is 0 Å². The number of H-pyrrole nitrogens is 1. The van der Waals surface area contributed by atoms with Crippen molar-refractivity contribution in [3.63, 3.8) is 0 Å². The molecule has 2 rings (SSSR count). The number of aromatic nitrogens is 1. The highest BCUT2D eigenvalue weighted by molar-refractivity contribution is 5.94. The molecule has 1 aromatic carbocycles. The Kier molecular flexibility index (Phi) is 2.18. The topological polar surface area (TPSA) is 42.1 Å². The van der Waals surface area contributed by atoms with E-state index < -0.39 is 0 Å². The fraction of sp³-hybridized carbons (Fsp3) is 0.0833. The quantitative estimate of drug-likeness (QED) is 0.563. The number of fused-ring (bicyclic) bond motifs is 1. The van der Waals surface area contributed by atoms with E-state index in [0.717, 1.165) is 10.9 Å². The average Bonchev–Trinajstić information content (AvgIpc) is 2.69. The second-order valence-electron chi connectivity index (χ2n) is 3.12. The molecule has 0 fully saturated rings. The summed E-state index contributed by atoms with van der Waals surface area (Å²) in [4.78, 5) is 14.3. The summed E-state index contributed by atoms with van der Waals surface area (Å²) in [5.41, 5.74) is 2.05. The molecule has 1 heterocycles. The SMILES string of the molecule is C#Cc1cc2ccc(C(=O)OC)cc2[nH]1. The van der Waals surface area contributed by atoms with Gasteiger partial charge in [0.15, 0.2) is 0 Å². The van der Waals surface area contributed by atoms with E-state index in [2.05, 4.69) is 15.6 Å². The van der Waals surface area contributed by atoms with Gasteiger partial charge in [-0.15, -0.1) is 6.42 Å². The Morgan fingerprint density at radius 3 is 2.93 bits per heavy atom. The zero-order valence-corrected chi connectivity index (χ0v) is 8.20. The third-order valence-corrected chi connectivity index (χ3v) is 2.20. The smallest absolute Gasteiger partial charge is 0.337 e. The number of benzene rings is 1. The molecule has 1 N–H and O–H groups in total. The van der Waals surface area contributed by atoms with Crippen molar-refractivity contribution in [1.82, 2.24) is 4.98 Å². The van der Waals surface area contributed by atoms with Gasteiger partial charge in [0.2, 0.25) is 0 Å². The van der Waals surface area contributed by atoms with Crippen molar-refractivity contribution in [3.05, 3.63) is 35.5 Å². The summed E-state index contributed by atoms with van der Waals surface area (Å²) in [5.74, 6) is 2.15. The summed E-state index contributed by atoms with van der Waals surface area (Å²) in [6.07, 6.45) is 5.26. The standard InChI is InChI=1S/C12H9NO2/c1-3-10-6-8-4-5-9(12(14)15-2)7-11(8)13-10/h1,4-7,13H,2H3. The van der Waals surface area contributed by atoms with Crippen LogP contribution in [0.15, 0.2) is 24.3 Å². The van der Waals surface area contributed by atoms with Crippen LogP contribution in [0.4, 0.5) is 0 Å². The van der Waals surface area contributed by atoms with Crippen LogP contribution in [0.2, 0.25) is 0 Å². The first kappa shape index (κ1) is 9.35. The zero-order valence-electron chi connectivity index (χ0n) is 8.20. The number of hydrogen-bond donors (Lipinski definition) is 1. The second-order valence-corrected chi connectivity index (χ2v) is 3.12. The molecule has 0 saturated carbocycles. The maximum Gasteiger partial charge on any atom is 0.337 e. The molecule has 0 radical (unpaired) electrons. The van der Waals surface area contributed by atoms with Crippen LogP contribution in [0.3, 0.4) is 0 Å². The molecule has 2 aromatic rings. The molecule has 0 spiro atoms. The van der Waals surface area contributed by atoms with E-state index in [4.69, 9.17) is 6.42 Å². The predicted molar refractivity (Wildman–Crippen MR) is 57.6 cm³/mol. The molecule has 0 atom stereocenters. The van der Waals surface area contributed by atoms with Crippen molar-refractivity contribution >= 4 is 16.9 Å². The van der Waals surface area contributed by atoms with Crippen molar-refractivity contribution in [2.24, 2.45) is 0 Å². The van der Waals surface area contributed by atoms with Gasteiger partial charge < -0.3 is 9.72 Å². The minimum Gasteiger partial charge on any atom is -0.465 e. The zero-order chi connectivity index (χ0) is 10.8. The fourth-order valence-corrected chi connectivity index (χ4v) is 1.45. The van der Waals surface area contributed by atoms with Crippen molar-refractivity contribution in [3.8, 4) is 12.3 Å². The van der Waals surface area contributed by atoms with Gasteiger partial charge in [-0.2, -0.15) is 0 Å². The van der Waals surface area contributed by atoms with Crippen LogP contribution in [-0.4, -0.2) is 18.1 Å². The maximum absolute atomic E-state index is 11.3. The molecule has 74 valence electrons. The third-order valence-electron chi connectivity index (χ3n) is 2.20. The minimum atomic E-state index is -0.353. The van der Waals surface area contributed by atoms with Gasteiger partial charge in [0.05, 0.1) is 18.4 Å². The highest BCUT2D eigenvalue weighted by atomic mass is 16.5. The van der Waals surface area contributed by atoms with E-state index in [0.29, 0.717) is 11.3 Å². The summed E-state index contributed by atoms with van der Waals surface area (Å²) in [6.45, 7) is 0. The molecule has 0 aliphatic rings. The number of carbonyl (C=O) groups is 1. The Bertz CT molecular complexity index is 560. The van der Waals surface area contributed by atoms with E-state index in [-0.39, 0.29) is 5.97 Å². The number of hydrogen-bond acceptors (Lipinski definition) is 2. The number of carbonyl (C=O) groups excluding carboxylic acids is 1. The first-order valence-corrected chi connectivity index (χ1v) is 4.42. The second kappa shape index (κ2) is 3.50. The maximum atomic E-state index is 11.3. The van der Waals surface area contributed by atoms with Crippen LogP contribution >= 0.6 is 0 Å². The first-order chi connectivity index (χ1) is 7.24. The van der Waals surface area contributed by atoms with Crippen LogP contribution in [-0.2, 0) is 4.74 Å². The fourth-order valence-electron chi connectivity index (χ4n) is 1.45. The lowest BCUT2D eigenvalue weighted by molar-refractivity contribution is 0.0601. The van der Waals surface area contributed by atoms with Gasteiger partial charge in [0.25, 0.3) is 0 Å². The summed E-state index contributed by atoms with van der Waals surface area (Å²) in [5, 5.41) is 0.982. The predicted octanol–water partition coefficient (Wildman–Crippen LogP) is 1.94. The van der Waals surface area contributed by atoms with Crippen molar-refractivity contribution in [2.75, 3.05) is 7.11 Å². The Morgan fingerprint density at radius 1 is 1.47 bits per heavy atom. The van der Waals surface area contributed by atoms with E-state index in [9.17, 15) is 4.79 Å². The Hall–Kier alpha value is -2.21. The Balaban J connectivity index is 2.56. The average molecular weight is 199 g/mol. The summed E-state index contributed by atoms with van der Waals surface area (Å²) in [7, 11) is 1.36. The normalized spacial score (nSPS) is 9.87. The molecule has 3 heteroatoms. The molecule has 0 amide bonds. The number of esters is 1. The number of terminal acetylenes is 1. The molecular weight excluding hydrogens is 190 g/mol. The lowest BCUT2D eigenvalue weighted by atomic mass is 10.1.